The number of carbonyl (C=O) groups excluding carboxylic acids is 1. The molecule has 0 aliphatic heterocycles. The van der Waals surface area contributed by atoms with Crippen LogP contribution in [0.2, 0.25) is 10.0 Å². The topological polar surface area (TPSA) is 64.1 Å². The van der Waals surface area contributed by atoms with Crippen LogP contribution in [0.1, 0.15) is 0 Å². The van der Waals surface area contributed by atoms with E-state index in [1.54, 1.807) is 30.3 Å². The molecular weight excluding hydrogens is 449 g/mol. The zero-order valence-corrected chi connectivity index (χ0v) is 16.4. The number of hydrogen-bond donors (Lipinski definition) is 1. The van der Waals surface area contributed by atoms with Crippen LogP contribution < -0.4 is 10.1 Å². The fraction of sp³-hybridized carbons (Fsp3) is 0.0625. The van der Waals surface area contributed by atoms with Gasteiger partial charge in [0.2, 0.25) is 5.13 Å². The Morgan fingerprint density at radius 1 is 1.16 bits per heavy atom. The van der Waals surface area contributed by atoms with Gasteiger partial charge in [-0.3, -0.25) is 10.1 Å². The lowest BCUT2D eigenvalue weighted by Gasteiger charge is -2.07. The van der Waals surface area contributed by atoms with Gasteiger partial charge in [-0.1, -0.05) is 62.6 Å². The van der Waals surface area contributed by atoms with Crippen molar-refractivity contribution < 1.29 is 9.53 Å². The van der Waals surface area contributed by atoms with Crippen LogP contribution in [0.4, 0.5) is 5.13 Å². The Morgan fingerprint density at radius 3 is 2.64 bits per heavy atom. The highest BCUT2D eigenvalue weighted by Crippen LogP contribution is 2.29. The summed E-state index contributed by atoms with van der Waals surface area (Å²) in [5.41, 5.74) is 0.875. The lowest BCUT2D eigenvalue weighted by molar-refractivity contribution is -0.118. The normalized spacial score (nSPS) is 10.5. The van der Waals surface area contributed by atoms with Crippen LogP contribution in [-0.2, 0) is 4.79 Å². The molecule has 0 bridgehead atoms. The zero-order chi connectivity index (χ0) is 17.8. The van der Waals surface area contributed by atoms with Gasteiger partial charge in [-0.25, -0.2) is 0 Å². The second-order valence-electron chi connectivity index (χ2n) is 4.83. The molecule has 1 amide bonds. The minimum Gasteiger partial charge on any atom is -0.482 e. The van der Waals surface area contributed by atoms with Gasteiger partial charge >= 0.3 is 0 Å². The van der Waals surface area contributed by atoms with Crippen molar-refractivity contribution >= 4 is 61.5 Å². The van der Waals surface area contributed by atoms with Crippen LogP contribution in [0.5, 0.6) is 5.75 Å². The van der Waals surface area contributed by atoms with Gasteiger partial charge in [0, 0.05) is 15.1 Å². The number of carbonyl (C=O) groups is 1. The van der Waals surface area contributed by atoms with Gasteiger partial charge in [0.25, 0.3) is 5.91 Å². The van der Waals surface area contributed by atoms with E-state index in [4.69, 9.17) is 27.9 Å². The van der Waals surface area contributed by atoms with E-state index in [9.17, 15) is 4.79 Å². The van der Waals surface area contributed by atoms with E-state index < -0.39 is 0 Å². The first-order valence-corrected chi connectivity index (χ1v) is 9.35. The van der Waals surface area contributed by atoms with Crippen LogP contribution in [0.25, 0.3) is 10.6 Å². The maximum Gasteiger partial charge on any atom is 0.264 e. The number of rotatable bonds is 5. The summed E-state index contributed by atoms with van der Waals surface area (Å²) in [5, 5.41) is 12.8. The van der Waals surface area contributed by atoms with Crippen molar-refractivity contribution in [1.82, 2.24) is 10.2 Å². The molecule has 0 radical (unpaired) electrons. The monoisotopic (exact) mass is 457 g/mol. The van der Waals surface area contributed by atoms with Crippen molar-refractivity contribution in [2.24, 2.45) is 0 Å². The second kappa shape index (κ2) is 8.14. The lowest BCUT2D eigenvalue weighted by atomic mass is 10.2. The molecule has 1 aromatic heterocycles. The van der Waals surface area contributed by atoms with E-state index >= 15 is 0 Å². The Balaban J connectivity index is 1.59. The van der Waals surface area contributed by atoms with Crippen LogP contribution in [0.15, 0.2) is 46.9 Å². The zero-order valence-electron chi connectivity index (χ0n) is 12.5. The molecule has 0 atom stereocenters. The van der Waals surface area contributed by atoms with Gasteiger partial charge in [-0.2, -0.15) is 0 Å². The minimum atomic E-state index is -0.349. The van der Waals surface area contributed by atoms with Gasteiger partial charge in [-0.15, -0.1) is 10.2 Å². The van der Waals surface area contributed by atoms with E-state index in [1.165, 1.54) is 11.3 Å². The molecule has 2 aromatic carbocycles. The minimum absolute atomic E-state index is 0.183. The molecule has 1 N–H and O–H groups in total. The predicted molar refractivity (Wildman–Crippen MR) is 104 cm³/mol. The third kappa shape index (κ3) is 4.92. The molecule has 0 saturated heterocycles. The Bertz CT molecular complexity index is 903. The molecule has 128 valence electrons. The lowest BCUT2D eigenvalue weighted by Crippen LogP contribution is -2.20. The van der Waals surface area contributed by atoms with Gasteiger partial charge in [0.1, 0.15) is 10.8 Å². The first kappa shape index (κ1) is 18.1. The first-order valence-electron chi connectivity index (χ1n) is 6.98. The Hall–Kier alpha value is -1.67. The highest BCUT2D eigenvalue weighted by Gasteiger charge is 2.11. The number of anilines is 1. The molecule has 5 nitrogen and oxygen atoms in total. The van der Waals surface area contributed by atoms with Crippen molar-refractivity contribution in [2.45, 2.75) is 0 Å². The summed E-state index contributed by atoms with van der Waals surface area (Å²) in [4.78, 5) is 12.0. The SMILES string of the molecule is O=C(COc1ccc(Br)cc1Cl)Nc1nnc(-c2ccc(Cl)cc2)s1. The number of hydrogen-bond acceptors (Lipinski definition) is 5. The summed E-state index contributed by atoms with van der Waals surface area (Å²) in [6.07, 6.45) is 0. The fourth-order valence-electron chi connectivity index (χ4n) is 1.87. The summed E-state index contributed by atoms with van der Waals surface area (Å²) in [6, 6.07) is 12.4. The molecule has 0 unspecified atom stereocenters. The van der Waals surface area contributed by atoms with Crippen LogP contribution >= 0.6 is 50.5 Å². The molecule has 0 fully saturated rings. The number of amides is 1. The number of halogens is 3. The molecule has 3 aromatic rings. The highest BCUT2D eigenvalue weighted by molar-refractivity contribution is 9.10. The molecule has 0 aliphatic rings. The number of benzene rings is 2. The summed E-state index contributed by atoms with van der Waals surface area (Å²) < 4.78 is 6.24. The van der Waals surface area contributed by atoms with Crippen LogP contribution in [0.3, 0.4) is 0 Å². The Labute approximate surface area is 166 Å². The summed E-state index contributed by atoms with van der Waals surface area (Å²) >= 11 is 16.5. The van der Waals surface area contributed by atoms with Crippen molar-refractivity contribution in [2.75, 3.05) is 11.9 Å². The van der Waals surface area contributed by atoms with Crippen molar-refractivity contribution in [1.29, 1.82) is 0 Å². The van der Waals surface area contributed by atoms with Crippen LogP contribution in [-0.4, -0.2) is 22.7 Å². The van der Waals surface area contributed by atoms with E-state index in [0.29, 0.717) is 25.9 Å². The van der Waals surface area contributed by atoms with E-state index in [2.05, 4.69) is 31.4 Å². The third-order valence-corrected chi connectivity index (χ3v) is 4.94. The van der Waals surface area contributed by atoms with Gasteiger partial charge in [-0.05, 0) is 30.3 Å². The molecule has 9 heteroatoms. The van der Waals surface area contributed by atoms with E-state index in [-0.39, 0.29) is 12.5 Å². The van der Waals surface area contributed by atoms with Crippen molar-refractivity contribution in [3.8, 4) is 16.3 Å². The number of aromatic nitrogens is 2. The quantitative estimate of drug-likeness (QED) is 0.563. The van der Waals surface area contributed by atoms with Gasteiger partial charge in [0.15, 0.2) is 6.61 Å². The summed E-state index contributed by atoms with van der Waals surface area (Å²) in [5.74, 6) is 0.0805. The number of nitrogens with one attached hydrogen (secondary N) is 1. The van der Waals surface area contributed by atoms with E-state index in [0.717, 1.165) is 10.0 Å². The molecule has 3 rings (SSSR count). The maximum absolute atomic E-state index is 12.0. The third-order valence-electron chi connectivity index (χ3n) is 3.02. The highest BCUT2D eigenvalue weighted by atomic mass is 79.9. The summed E-state index contributed by atoms with van der Waals surface area (Å²) in [7, 11) is 0. The van der Waals surface area contributed by atoms with Gasteiger partial charge in [0.05, 0.1) is 5.02 Å². The molecule has 0 spiro atoms. The molecule has 25 heavy (non-hydrogen) atoms. The Kier molecular flexibility index (Phi) is 5.90. The van der Waals surface area contributed by atoms with Crippen LogP contribution in [0, 0.1) is 0 Å². The average Bonchev–Trinajstić information content (AvgIpc) is 3.03. The van der Waals surface area contributed by atoms with E-state index in [1.807, 2.05) is 12.1 Å². The average molecular weight is 459 g/mol. The largest absolute Gasteiger partial charge is 0.482 e. The van der Waals surface area contributed by atoms with Gasteiger partial charge < -0.3 is 4.74 Å². The first-order chi connectivity index (χ1) is 12.0. The Morgan fingerprint density at radius 2 is 1.92 bits per heavy atom. The summed E-state index contributed by atoms with van der Waals surface area (Å²) in [6.45, 7) is -0.183. The maximum atomic E-state index is 12.0. The molecule has 0 aliphatic carbocycles. The number of ether oxygens (including phenoxy) is 1. The number of nitrogens with zero attached hydrogens (tertiary/aromatic N) is 2. The molecular formula is C16H10BrCl2N3O2S. The van der Waals surface area contributed by atoms with Crippen molar-refractivity contribution in [3.05, 3.63) is 57.0 Å². The molecule has 1 heterocycles. The molecule has 0 saturated carbocycles. The smallest absolute Gasteiger partial charge is 0.264 e. The fourth-order valence-corrected chi connectivity index (χ4v) is 3.49. The second-order valence-corrected chi connectivity index (χ2v) is 7.57. The standard InChI is InChI=1S/C16H10BrCl2N3O2S/c17-10-3-6-13(12(19)7-10)24-8-14(23)20-16-22-21-15(25-16)9-1-4-11(18)5-2-9/h1-7H,8H2,(H,20,22,23). The predicted octanol–water partition coefficient (Wildman–Crippen LogP) is 5.29. The van der Waals surface area contributed by atoms with Crippen molar-refractivity contribution in [3.63, 3.8) is 0 Å².